The van der Waals surface area contributed by atoms with E-state index in [1.54, 1.807) is 28.6 Å². The van der Waals surface area contributed by atoms with Gasteiger partial charge in [0.15, 0.2) is 4.34 Å². The Hall–Kier alpha value is 0.220. The van der Waals surface area contributed by atoms with Gasteiger partial charge in [-0.3, -0.25) is 0 Å². The largest absolute Gasteiger partial charge is 0.381 e. The Morgan fingerprint density at radius 1 is 1.53 bits per heavy atom. The molecule has 15 heavy (non-hydrogen) atoms. The van der Waals surface area contributed by atoms with E-state index in [9.17, 15) is 0 Å². The van der Waals surface area contributed by atoms with Crippen LogP contribution in [0.4, 0.5) is 0 Å². The van der Waals surface area contributed by atoms with Gasteiger partial charge in [0.25, 0.3) is 0 Å². The molecule has 1 aliphatic rings. The van der Waals surface area contributed by atoms with E-state index >= 15 is 0 Å². The van der Waals surface area contributed by atoms with Gasteiger partial charge in [-0.1, -0.05) is 23.1 Å². The summed E-state index contributed by atoms with van der Waals surface area (Å²) in [4.78, 5) is 0. The van der Waals surface area contributed by atoms with E-state index in [1.807, 2.05) is 0 Å². The molecule has 1 fully saturated rings. The molecule has 0 aliphatic carbocycles. The average Bonchev–Trinajstić information content (AvgIpc) is 2.81. The summed E-state index contributed by atoms with van der Waals surface area (Å²) in [5, 5.41) is 7.88. The summed E-state index contributed by atoms with van der Waals surface area (Å²) in [5.74, 6) is 2.01. The number of rotatable bonds is 4. The first kappa shape index (κ1) is 11.7. The van der Waals surface area contributed by atoms with Crippen LogP contribution in [0.5, 0.6) is 0 Å². The summed E-state index contributed by atoms with van der Waals surface area (Å²) in [6, 6.07) is 0. The van der Waals surface area contributed by atoms with Gasteiger partial charge in [0.1, 0.15) is 5.51 Å². The predicted octanol–water partition coefficient (Wildman–Crippen LogP) is 2.36. The van der Waals surface area contributed by atoms with E-state index in [2.05, 4.69) is 22.8 Å². The van der Waals surface area contributed by atoms with Crippen molar-refractivity contribution in [3.63, 3.8) is 0 Å². The second kappa shape index (κ2) is 5.52. The lowest BCUT2D eigenvalue weighted by atomic mass is 9.84. The van der Waals surface area contributed by atoms with Crippen molar-refractivity contribution in [3.05, 3.63) is 5.51 Å². The molecule has 0 radical (unpaired) electrons. The van der Waals surface area contributed by atoms with Crippen molar-refractivity contribution >= 4 is 35.7 Å². The zero-order valence-corrected chi connectivity index (χ0v) is 10.9. The fourth-order valence-corrected chi connectivity index (χ4v) is 3.95. The van der Waals surface area contributed by atoms with Gasteiger partial charge in [-0.05, 0) is 24.0 Å². The molecule has 2 heterocycles. The van der Waals surface area contributed by atoms with Crippen LogP contribution >= 0.6 is 35.7 Å². The Balaban J connectivity index is 1.89. The molecule has 1 aromatic heterocycles. The third kappa shape index (κ3) is 3.09. The van der Waals surface area contributed by atoms with Crippen LogP contribution in [-0.4, -0.2) is 34.9 Å². The molecule has 0 spiro atoms. The van der Waals surface area contributed by atoms with Crippen LogP contribution in [0.15, 0.2) is 9.85 Å². The highest BCUT2D eigenvalue weighted by molar-refractivity contribution is 8.01. The number of hydrogen-bond acceptors (Lipinski definition) is 6. The summed E-state index contributed by atoms with van der Waals surface area (Å²) in [5.41, 5.74) is 2.11. The van der Waals surface area contributed by atoms with Crippen molar-refractivity contribution in [3.8, 4) is 0 Å². The van der Waals surface area contributed by atoms with E-state index in [0.717, 1.165) is 41.9 Å². The van der Waals surface area contributed by atoms with E-state index in [1.165, 1.54) is 0 Å². The molecule has 1 aromatic rings. The molecule has 3 nitrogen and oxygen atoms in total. The van der Waals surface area contributed by atoms with Crippen molar-refractivity contribution in [2.24, 2.45) is 5.41 Å². The van der Waals surface area contributed by atoms with Gasteiger partial charge >= 0.3 is 0 Å². The van der Waals surface area contributed by atoms with Crippen molar-refractivity contribution < 1.29 is 4.74 Å². The minimum atomic E-state index is 0.331. The Morgan fingerprint density at radius 3 is 2.93 bits per heavy atom. The van der Waals surface area contributed by atoms with Crippen LogP contribution in [0, 0.1) is 5.41 Å². The van der Waals surface area contributed by atoms with E-state index in [0.29, 0.717) is 5.41 Å². The summed E-state index contributed by atoms with van der Waals surface area (Å²) in [7, 11) is 0. The molecule has 0 N–H and O–H groups in total. The lowest BCUT2D eigenvalue weighted by molar-refractivity contribution is 0.0371. The Kier molecular flexibility index (Phi) is 4.30. The number of thioether (sulfide) groups is 1. The van der Waals surface area contributed by atoms with Crippen LogP contribution in [0.3, 0.4) is 0 Å². The maximum Gasteiger partial charge on any atom is 0.174 e. The molecule has 0 saturated carbocycles. The zero-order valence-electron chi connectivity index (χ0n) is 8.39. The first-order valence-electron chi connectivity index (χ1n) is 4.92. The molecule has 0 bridgehead atoms. The molecule has 1 aliphatic heterocycles. The van der Waals surface area contributed by atoms with Crippen LogP contribution in [-0.2, 0) is 4.74 Å². The van der Waals surface area contributed by atoms with Gasteiger partial charge in [-0.25, -0.2) is 0 Å². The number of ether oxygens (including phenoxy) is 1. The van der Waals surface area contributed by atoms with Crippen LogP contribution in [0.25, 0.3) is 0 Å². The van der Waals surface area contributed by atoms with Crippen molar-refractivity contribution in [1.82, 2.24) is 10.2 Å². The minimum Gasteiger partial charge on any atom is -0.381 e. The van der Waals surface area contributed by atoms with Crippen molar-refractivity contribution in [2.45, 2.75) is 17.2 Å². The van der Waals surface area contributed by atoms with Crippen molar-refractivity contribution in [2.75, 3.05) is 24.7 Å². The van der Waals surface area contributed by atoms with Crippen LogP contribution in [0.1, 0.15) is 12.8 Å². The highest BCUT2D eigenvalue weighted by Gasteiger charge is 2.31. The van der Waals surface area contributed by atoms with Crippen LogP contribution < -0.4 is 0 Å². The lowest BCUT2D eigenvalue weighted by Crippen LogP contribution is -2.33. The average molecular weight is 262 g/mol. The van der Waals surface area contributed by atoms with Gasteiger partial charge in [0, 0.05) is 19.0 Å². The summed E-state index contributed by atoms with van der Waals surface area (Å²) < 4.78 is 6.45. The number of thiol groups is 1. The van der Waals surface area contributed by atoms with E-state index in [-0.39, 0.29) is 0 Å². The van der Waals surface area contributed by atoms with Crippen molar-refractivity contribution in [1.29, 1.82) is 0 Å². The quantitative estimate of drug-likeness (QED) is 0.667. The molecular weight excluding hydrogens is 248 g/mol. The third-order valence-electron chi connectivity index (χ3n) is 2.73. The Morgan fingerprint density at radius 2 is 2.33 bits per heavy atom. The highest BCUT2D eigenvalue weighted by atomic mass is 32.2. The highest BCUT2D eigenvalue weighted by Crippen LogP contribution is 2.37. The van der Waals surface area contributed by atoms with Gasteiger partial charge in [-0.2, -0.15) is 12.6 Å². The molecule has 0 amide bonds. The Labute approximate surface area is 103 Å². The topological polar surface area (TPSA) is 35.0 Å². The standard InChI is InChI=1S/C9H14N2OS3/c13-5-9(1-3-12-4-2-9)6-14-8-11-10-7-15-8/h7,13H,1-6H2. The lowest BCUT2D eigenvalue weighted by Gasteiger charge is -2.35. The molecule has 0 atom stereocenters. The maximum atomic E-state index is 5.40. The minimum absolute atomic E-state index is 0.331. The summed E-state index contributed by atoms with van der Waals surface area (Å²) in [6.07, 6.45) is 2.23. The number of hydrogen-bond donors (Lipinski definition) is 1. The second-order valence-electron chi connectivity index (χ2n) is 3.76. The SMILES string of the molecule is SCC1(CSc2nncs2)CCOCC1. The molecule has 1 saturated heterocycles. The van der Waals surface area contributed by atoms with Gasteiger partial charge < -0.3 is 4.74 Å². The molecule has 2 rings (SSSR count). The zero-order chi connectivity index (χ0) is 10.6. The van der Waals surface area contributed by atoms with E-state index in [4.69, 9.17) is 4.74 Å². The molecule has 0 unspecified atom stereocenters. The first-order chi connectivity index (χ1) is 7.35. The fraction of sp³-hybridized carbons (Fsp3) is 0.778. The van der Waals surface area contributed by atoms with Gasteiger partial charge in [0.2, 0.25) is 0 Å². The number of aromatic nitrogens is 2. The smallest absolute Gasteiger partial charge is 0.174 e. The predicted molar refractivity (Wildman–Crippen MR) is 67.0 cm³/mol. The molecule has 6 heteroatoms. The van der Waals surface area contributed by atoms with E-state index < -0.39 is 0 Å². The van der Waals surface area contributed by atoms with Gasteiger partial charge in [0.05, 0.1) is 0 Å². The van der Waals surface area contributed by atoms with Gasteiger partial charge in [-0.15, -0.1) is 10.2 Å². The number of nitrogens with zero attached hydrogens (tertiary/aromatic N) is 2. The third-order valence-corrected chi connectivity index (χ3v) is 5.61. The normalized spacial score (nSPS) is 20.3. The molecule has 84 valence electrons. The second-order valence-corrected chi connectivity index (χ2v) is 6.14. The summed E-state index contributed by atoms with van der Waals surface area (Å²) >= 11 is 7.88. The maximum absolute atomic E-state index is 5.40. The monoisotopic (exact) mass is 262 g/mol. The Bertz CT molecular complexity index is 286. The van der Waals surface area contributed by atoms with Crippen LogP contribution in [0.2, 0.25) is 0 Å². The first-order valence-corrected chi connectivity index (χ1v) is 7.42. The molecular formula is C9H14N2OS3. The molecule has 0 aromatic carbocycles. The summed E-state index contributed by atoms with van der Waals surface area (Å²) in [6.45, 7) is 1.74. The fourth-order valence-electron chi connectivity index (χ4n) is 1.59.